The molecule has 1 saturated heterocycles. The minimum absolute atomic E-state index is 0.116. The monoisotopic (exact) mass is 352 g/mol. The summed E-state index contributed by atoms with van der Waals surface area (Å²) in [6.07, 6.45) is 1.69. The zero-order valence-electron chi connectivity index (χ0n) is 15.2. The van der Waals surface area contributed by atoms with Crippen molar-refractivity contribution >= 4 is 17.5 Å². The fourth-order valence-corrected chi connectivity index (χ4v) is 2.95. The highest BCUT2D eigenvalue weighted by molar-refractivity contribution is 6.04. The van der Waals surface area contributed by atoms with Crippen LogP contribution in [0.4, 0.5) is 5.69 Å². The number of benzene rings is 2. The number of hydrogen-bond donors (Lipinski definition) is 1. The molecule has 0 atom stereocenters. The second kappa shape index (κ2) is 8.04. The van der Waals surface area contributed by atoms with Crippen molar-refractivity contribution in [1.29, 1.82) is 0 Å². The van der Waals surface area contributed by atoms with E-state index in [0.29, 0.717) is 18.5 Å². The van der Waals surface area contributed by atoms with Crippen LogP contribution in [-0.4, -0.2) is 29.4 Å². The molecule has 1 fully saturated rings. The van der Waals surface area contributed by atoms with E-state index in [4.69, 9.17) is 4.74 Å². The van der Waals surface area contributed by atoms with E-state index in [1.165, 1.54) is 0 Å². The second-order valence-electron chi connectivity index (χ2n) is 6.76. The lowest BCUT2D eigenvalue weighted by molar-refractivity contribution is -0.128. The molecule has 2 aromatic rings. The summed E-state index contributed by atoms with van der Waals surface area (Å²) in [6, 6.07) is 14.7. The van der Waals surface area contributed by atoms with Gasteiger partial charge in [-0.2, -0.15) is 0 Å². The fourth-order valence-electron chi connectivity index (χ4n) is 2.95. The average molecular weight is 352 g/mol. The summed E-state index contributed by atoms with van der Waals surface area (Å²) in [5, 5.41) is 2.88. The first-order chi connectivity index (χ1) is 12.5. The number of carbonyl (C=O) groups is 2. The van der Waals surface area contributed by atoms with Gasteiger partial charge in [0.05, 0.1) is 6.10 Å². The second-order valence-corrected chi connectivity index (χ2v) is 6.76. The van der Waals surface area contributed by atoms with Crippen LogP contribution in [0, 0.1) is 0 Å². The molecule has 0 aromatic heterocycles. The van der Waals surface area contributed by atoms with Gasteiger partial charge in [0.25, 0.3) is 5.91 Å². The van der Waals surface area contributed by atoms with Gasteiger partial charge >= 0.3 is 0 Å². The van der Waals surface area contributed by atoms with Crippen LogP contribution in [0.15, 0.2) is 48.5 Å². The minimum atomic E-state index is -0.161. The predicted octanol–water partition coefficient (Wildman–Crippen LogP) is 3.85. The van der Waals surface area contributed by atoms with Gasteiger partial charge in [-0.1, -0.05) is 12.1 Å². The third-order valence-electron chi connectivity index (χ3n) is 4.24. The molecule has 26 heavy (non-hydrogen) atoms. The quantitative estimate of drug-likeness (QED) is 0.859. The first kappa shape index (κ1) is 18.0. The van der Waals surface area contributed by atoms with E-state index in [1.807, 2.05) is 55.1 Å². The normalized spacial score (nSPS) is 14.0. The molecule has 0 radical (unpaired) electrons. The standard InChI is InChI=1S/C21H24N2O3/c1-15(2)26-19-11-9-18(10-12-19)22-21(25)17-7-5-16(6-8-17)14-23-13-3-4-20(23)24/h5-12,15H,3-4,13-14H2,1-2H3,(H,22,25). The molecule has 0 bridgehead atoms. The topological polar surface area (TPSA) is 58.6 Å². The third kappa shape index (κ3) is 4.63. The van der Waals surface area contributed by atoms with Gasteiger partial charge in [0.1, 0.15) is 5.75 Å². The maximum atomic E-state index is 12.4. The number of anilines is 1. The van der Waals surface area contributed by atoms with Crippen LogP contribution in [0.5, 0.6) is 5.75 Å². The van der Waals surface area contributed by atoms with Crippen molar-refractivity contribution in [3.63, 3.8) is 0 Å². The van der Waals surface area contributed by atoms with Gasteiger partial charge < -0.3 is 15.0 Å². The zero-order chi connectivity index (χ0) is 18.5. The number of ether oxygens (including phenoxy) is 1. The Labute approximate surface area is 154 Å². The van der Waals surface area contributed by atoms with Gasteiger partial charge in [0.15, 0.2) is 0 Å². The first-order valence-electron chi connectivity index (χ1n) is 8.96. The van der Waals surface area contributed by atoms with Crippen molar-refractivity contribution in [1.82, 2.24) is 4.90 Å². The summed E-state index contributed by atoms with van der Waals surface area (Å²) in [4.78, 5) is 25.9. The van der Waals surface area contributed by atoms with Crippen molar-refractivity contribution in [2.75, 3.05) is 11.9 Å². The van der Waals surface area contributed by atoms with Gasteiger partial charge in [-0.05, 0) is 62.2 Å². The fraction of sp³-hybridized carbons (Fsp3) is 0.333. The van der Waals surface area contributed by atoms with Crippen molar-refractivity contribution in [3.05, 3.63) is 59.7 Å². The SMILES string of the molecule is CC(C)Oc1ccc(NC(=O)c2ccc(CN3CCCC3=O)cc2)cc1. The predicted molar refractivity (Wildman–Crippen MR) is 101 cm³/mol. The smallest absolute Gasteiger partial charge is 0.255 e. The molecule has 0 saturated carbocycles. The Balaban J connectivity index is 1.58. The molecular weight excluding hydrogens is 328 g/mol. The van der Waals surface area contributed by atoms with Gasteiger partial charge in [-0.25, -0.2) is 0 Å². The van der Waals surface area contributed by atoms with E-state index in [2.05, 4.69) is 5.32 Å². The zero-order valence-corrected chi connectivity index (χ0v) is 15.2. The number of hydrogen-bond acceptors (Lipinski definition) is 3. The number of amides is 2. The number of nitrogens with zero attached hydrogens (tertiary/aromatic N) is 1. The van der Waals surface area contributed by atoms with E-state index >= 15 is 0 Å². The molecular formula is C21H24N2O3. The van der Waals surface area contributed by atoms with Crippen LogP contribution < -0.4 is 10.1 Å². The maximum Gasteiger partial charge on any atom is 0.255 e. The molecule has 2 aromatic carbocycles. The van der Waals surface area contributed by atoms with Gasteiger partial charge in [0, 0.05) is 30.8 Å². The molecule has 1 aliphatic rings. The highest BCUT2D eigenvalue weighted by Gasteiger charge is 2.20. The van der Waals surface area contributed by atoms with Crippen LogP contribution in [0.25, 0.3) is 0 Å². The Morgan fingerprint density at radius 2 is 1.81 bits per heavy atom. The van der Waals surface area contributed by atoms with Crippen molar-refractivity contribution in [3.8, 4) is 5.75 Å². The van der Waals surface area contributed by atoms with Gasteiger partial charge in [-0.15, -0.1) is 0 Å². The molecule has 1 N–H and O–H groups in total. The van der Waals surface area contributed by atoms with Crippen LogP contribution in [0.2, 0.25) is 0 Å². The van der Waals surface area contributed by atoms with Gasteiger partial charge in [-0.3, -0.25) is 9.59 Å². The van der Waals surface area contributed by atoms with E-state index in [-0.39, 0.29) is 17.9 Å². The van der Waals surface area contributed by atoms with Crippen molar-refractivity contribution in [2.45, 2.75) is 39.3 Å². The molecule has 1 aliphatic heterocycles. The summed E-state index contributed by atoms with van der Waals surface area (Å²) in [5.41, 5.74) is 2.34. The van der Waals surface area contributed by atoms with E-state index in [0.717, 1.165) is 30.0 Å². The third-order valence-corrected chi connectivity index (χ3v) is 4.24. The summed E-state index contributed by atoms with van der Waals surface area (Å²) in [7, 11) is 0. The molecule has 0 spiro atoms. The molecule has 2 amide bonds. The number of likely N-dealkylation sites (tertiary alicyclic amines) is 1. The van der Waals surface area contributed by atoms with Crippen molar-refractivity contribution in [2.24, 2.45) is 0 Å². The Hall–Kier alpha value is -2.82. The Morgan fingerprint density at radius 1 is 1.12 bits per heavy atom. The van der Waals surface area contributed by atoms with E-state index in [9.17, 15) is 9.59 Å². The van der Waals surface area contributed by atoms with Crippen LogP contribution in [0.1, 0.15) is 42.6 Å². The summed E-state index contributed by atoms with van der Waals surface area (Å²) in [6.45, 7) is 5.37. The molecule has 5 nitrogen and oxygen atoms in total. The van der Waals surface area contributed by atoms with E-state index in [1.54, 1.807) is 12.1 Å². The average Bonchev–Trinajstić information content (AvgIpc) is 3.01. The molecule has 0 aliphatic carbocycles. The lowest BCUT2D eigenvalue weighted by atomic mass is 10.1. The Kier molecular flexibility index (Phi) is 5.56. The molecule has 3 rings (SSSR count). The molecule has 136 valence electrons. The first-order valence-corrected chi connectivity index (χ1v) is 8.96. The van der Waals surface area contributed by atoms with Crippen molar-refractivity contribution < 1.29 is 14.3 Å². The van der Waals surface area contributed by atoms with E-state index < -0.39 is 0 Å². The van der Waals surface area contributed by atoms with Gasteiger partial charge in [0.2, 0.25) is 5.91 Å². The number of carbonyl (C=O) groups excluding carboxylic acids is 2. The number of rotatable bonds is 6. The maximum absolute atomic E-state index is 12.4. The molecule has 0 unspecified atom stereocenters. The highest BCUT2D eigenvalue weighted by Crippen LogP contribution is 2.18. The lowest BCUT2D eigenvalue weighted by Gasteiger charge is -2.15. The summed E-state index contributed by atoms with van der Waals surface area (Å²) in [5.74, 6) is 0.821. The summed E-state index contributed by atoms with van der Waals surface area (Å²) >= 11 is 0. The summed E-state index contributed by atoms with van der Waals surface area (Å²) < 4.78 is 5.59. The van der Waals surface area contributed by atoms with Crippen LogP contribution >= 0.6 is 0 Å². The molecule has 1 heterocycles. The minimum Gasteiger partial charge on any atom is -0.491 e. The number of nitrogens with one attached hydrogen (secondary N) is 1. The lowest BCUT2D eigenvalue weighted by Crippen LogP contribution is -2.23. The van der Waals surface area contributed by atoms with Crippen LogP contribution in [0.3, 0.4) is 0 Å². The van der Waals surface area contributed by atoms with Crippen LogP contribution in [-0.2, 0) is 11.3 Å². The largest absolute Gasteiger partial charge is 0.491 e. The highest BCUT2D eigenvalue weighted by atomic mass is 16.5. The molecule has 5 heteroatoms. The Morgan fingerprint density at radius 3 is 2.38 bits per heavy atom. The Bertz CT molecular complexity index is 767.